The number of alkyl carbamates (subject to hydrolysis) is 1. The third-order valence-electron chi connectivity index (χ3n) is 4.09. The van der Waals surface area contributed by atoms with Crippen molar-refractivity contribution in [3.05, 3.63) is 64.9 Å². The minimum atomic E-state index is -0.527. The van der Waals surface area contributed by atoms with Gasteiger partial charge in [-0.2, -0.15) is 0 Å². The van der Waals surface area contributed by atoms with Gasteiger partial charge in [0.1, 0.15) is 6.61 Å². The summed E-state index contributed by atoms with van der Waals surface area (Å²) >= 11 is 1.23. The molecule has 0 unspecified atom stereocenters. The van der Waals surface area contributed by atoms with Crippen molar-refractivity contribution in [2.45, 2.75) is 6.92 Å². The van der Waals surface area contributed by atoms with Crippen molar-refractivity contribution in [3.8, 4) is 0 Å². The molecule has 3 aromatic rings. The first-order chi connectivity index (χ1) is 14.8. The van der Waals surface area contributed by atoms with Gasteiger partial charge in [-0.05, 0) is 37.3 Å². The van der Waals surface area contributed by atoms with Crippen LogP contribution in [0.3, 0.4) is 0 Å². The van der Waals surface area contributed by atoms with E-state index in [2.05, 4.69) is 27.1 Å². The number of carbonyl (C=O) groups is 1. The zero-order valence-electron chi connectivity index (χ0n) is 16.9. The van der Waals surface area contributed by atoms with Gasteiger partial charge in [-0.25, -0.2) is 9.78 Å². The second kappa shape index (κ2) is 9.76. The minimum Gasteiger partial charge on any atom is -0.447 e. The Morgan fingerprint density at radius 2 is 2.03 bits per heavy atom. The van der Waals surface area contributed by atoms with Gasteiger partial charge in [0.2, 0.25) is 5.13 Å². The van der Waals surface area contributed by atoms with Crippen LogP contribution in [-0.2, 0) is 4.74 Å². The number of non-ortho nitro benzene ring substituents is 1. The molecule has 1 aromatic heterocycles. The maximum absolute atomic E-state index is 11.4. The highest BCUT2D eigenvalue weighted by atomic mass is 32.1. The molecule has 0 atom stereocenters. The molecule has 0 aliphatic carbocycles. The molecule has 1 heterocycles. The molecule has 0 saturated carbocycles. The molecule has 160 valence electrons. The van der Waals surface area contributed by atoms with Gasteiger partial charge in [-0.1, -0.05) is 17.9 Å². The predicted octanol–water partition coefficient (Wildman–Crippen LogP) is 5.32. The van der Waals surface area contributed by atoms with Crippen LogP contribution in [0.25, 0.3) is 10.2 Å². The smallest absolute Gasteiger partial charge is 0.411 e. The highest BCUT2D eigenvalue weighted by Crippen LogP contribution is 2.32. The SMILES string of the molecule is C=C(C)NC(=O)OCCN(C)c1ccc(N=Nc2nc3ccc([N+](=O)[O-])cc3s2)cc1. The number of nitrogens with one attached hydrogen (secondary N) is 1. The van der Waals surface area contributed by atoms with E-state index < -0.39 is 11.0 Å². The first kappa shape index (κ1) is 21.8. The number of thiazole rings is 1. The Kier molecular flexibility index (Phi) is 6.88. The number of likely N-dealkylation sites (N-methyl/N-ethyl adjacent to an activating group) is 1. The van der Waals surface area contributed by atoms with Gasteiger partial charge in [0.05, 0.1) is 27.4 Å². The van der Waals surface area contributed by atoms with Crippen LogP contribution in [0.2, 0.25) is 0 Å². The van der Waals surface area contributed by atoms with Gasteiger partial charge in [0.25, 0.3) is 5.69 Å². The number of ether oxygens (including phenoxy) is 1. The maximum Gasteiger partial charge on any atom is 0.411 e. The number of hydrogen-bond donors (Lipinski definition) is 1. The Morgan fingerprint density at radius 1 is 1.29 bits per heavy atom. The molecular formula is C20H20N6O4S. The minimum absolute atomic E-state index is 0.0150. The molecule has 0 aliphatic heterocycles. The van der Waals surface area contributed by atoms with Crippen LogP contribution in [0.5, 0.6) is 0 Å². The topological polar surface area (TPSA) is 122 Å². The number of nitro groups is 1. The molecule has 0 aliphatic rings. The van der Waals surface area contributed by atoms with Crippen LogP contribution in [0.1, 0.15) is 6.92 Å². The lowest BCUT2D eigenvalue weighted by Crippen LogP contribution is -2.28. The number of rotatable bonds is 8. The van der Waals surface area contributed by atoms with Gasteiger partial charge in [-0.3, -0.25) is 15.4 Å². The predicted molar refractivity (Wildman–Crippen MR) is 119 cm³/mol. The lowest BCUT2D eigenvalue weighted by molar-refractivity contribution is -0.384. The first-order valence-corrected chi connectivity index (χ1v) is 10.0. The fourth-order valence-corrected chi connectivity index (χ4v) is 3.37. The Hall–Kier alpha value is -3.86. The van der Waals surface area contributed by atoms with E-state index in [1.54, 1.807) is 13.0 Å². The summed E-state index contributed by atoms with van der Waals surface area (Å²) in [6.45, 7) is 6.00. The number of carbonyl (C=O) groups excluding carboxylic acids is 1. The molecule has 2 aromatic carbocycles. The fraction of sp³-hybridized carbons (Fsp3) is 0.200. The summed E-state index contributed by atoms with van der Waals surface area (Å²) in [7, 11) is 1.89. The molecule has 0 radical (unpaired) electrons. The number of benzene rings is 2. The molecule has 0 saturated heterocycles. The van der Waals surface area contributed by atoms with Crippen molar-refractivity contribution in [1.29, 1.82) is 0 Å². The summed E-state index contributed by atoms with van der Waals surface area (Å²) in [6.07, 6.45) is -0.527. The largest absolute Gasteiger partial charge is 0.447 e. The van der Waals surface area contributed by atoms with Crippen molar-refractivity contribution in [2.24, 2.45) is 10.2 Å². The number of fused-ring (bicyclic) bond motifs is 1. The van der Waals surface area contributed by atoms with Gasteiger partial charge >= 0.3 is 6.09 Å². The number of nitro benzene ring substituents is 1. The van der Waals surface area contributed by atoms with Crippen LogP contribution < -0.4 is 10.2 Å². The van der Waals surface area contributed by atoms with E-state index in [9.17, 15) is 14.9 Å². The van der Waals surface area contributed by atoms with E-state index in [1.165, 1.54) is 23.5 Å². The molecule has 31 heavy (non-hydrogen) atoms. The molecule has 3 rings (SSSR count). The number of aromatic nitrogens is 1. The molecule has 11 heteroatoms. The van der Waals surface area contributed by atoms with Crippen LogP contribution in [-0.4, -0.2) is 36.2 Å². The summed E-state index contributed by atoms with van der Waals surface area (Å²) in [6, 6.07) is 11.9. The van der Waals surface area contributed by atoms with Crippen LogP contribution in [0.4, 0.5) is 27.0 Å². The third kappa shape index (κ3) is 6.06. The van der Waals surface area contributed by atoms with Crippen molar-refractivity contribution in [2.75, 3.05) is 25.1 Å². The standard InChI is InChI=1S/C20H20N6O4S/c1-13(2)21-20(27)30-11-10-25(3)15-6-4-14(5-7-15)23-24-19-22-17-9-8-16(26(28)29)12-18(17)31-19/h4-9,12H,1,10-11H2,2-3H3,(H,21,27). The lowest BCUT2D eigenvalue weighted by atomic mass is 10.2. The van der Waals surface area contributed by atoms with E-state index >= 15 is 0 Å². The van der Waals surface area contributed by atoms with E-state index in [-0.39, 0.29) is 12.3 Å². The second-order valence-corrected chi connectivity index (χ2v) is 7.59. The molecule has 10 nitrogen and oxygen atoms in total. The van der Waals surface area contributed by atoms with Gasteiger partial charge in [0.15, 0.2) is 0 Å². The van der Waals surface area contributed by atoms with E-state index in [4.69, 9.17) is 4.74 Å². The quantitative estimate of drug-likeness (QED) is 0.287. The summed E-state index contributed by atoms with van der Waals surface area (Å²) < 4.78 is 5.75. The monoisotopic (exact) mass is 440 g/mol. The lowest BCUT2D eigenvalue weighted by Gasteiger charge is -2.19. The maximum atomic E-state index is 11.4. The number of nitrogens with zero attached hydrogens (tertiary/aromatic N) is 5. The summed E-state index contributed by atoms with van der Waals surface area (Å²) in [5, 5.41) is 22.1. The van der Waals surface area contributed by atoms with Crippen LogP contribution in [0, 0.1) is 10.1 Å². The molecule has 1 N–H and O–H groups in total. The van der Waals surface area contributed by atoms with Crippen molar-refractivity contribution in [3.63, 3.8) is 0 Å². The van der Waals surface area contributed by atoms with Gasteiger partial charge in [-0.15, -0.1) is 10.2 Å². The number of hydrogen-bond acceptors (Lipinski definition) is 9. The Labute approximate surface area is 182 Å². The normalized spacial score (nSPS) is 10.9. The van der Waals surface area contributed by atoms with Gasteiger partial charge in [0, 0.05) is 30.6 Å². The van der Waals surface area contributed by atoms with E-state index in [0.29, 0.717) is 33.3 Å². The molecule has 0 bridgehead atoms. The molecule has 1 amide bonds. The number of amides is 1. The molecule has 0 fully saturated rings. The average Bonchev–Trinajstić information content (AvgIpc) is 3.14. The van der Waals surface area contributed by atoms with Crippen molar-refractivity contribution in [1.82, 2.24) is 10.3 Å². The van der Waals surface area contributed by atoms with E-state index in [0.717, 1.165) is 5.69 Å². The van der Waals surface area contributed by atoms with Gasteiger partial charge < -0.3 is 9.64 Å². The number of allylic oxidation sites excluding steroid dienone is 1. The number of anilines is 1. The highest BCUT2D eigenvalue weighted by Gasteiger charge is 2.10. The van der Waals surface area contributed by atoms with Crippen molar-refractivity contribution < 1.29 is 14.5 Å². The third-order valence-corrected chi connectivity index (χ3v) is 4.99. The summed E-state index contributed by atoms with van der Waals surface area (Å²) in [5.74, 6) is 0. The number of azo groups is 1. The first-order valence-electron chi connectivity index (χ1n) is 9.19. The average molecular weight is 440 g/mol. The summed E-state index contributed by atoms with van der Waals surface area (Å²) in [5.41, 5.74) is 2.74. The van der Waals surface area contributed by atoms with Crippen LogP contribution in [0.15, 0.2) is 65.0 Å². The zero-order chi connectivity index (χ0) is 22.4. The Morgan fingerprint density at radius 3 is 2.71 bits per heavy atom. The summed E-state index contributed by atoms with van der Waals surface area (Å²) in [4.78, 5) is 28.1. The van der Waals surface area contributed by atoms with Crippen molar-refractivity contribution >= 4 is 49.8 Å². The second-order valence-electron chi connectivity index (χ2n) is 6.58. The molecule has 0 spiro atoms. The van der Waals surface area contributed by atoms with Crippen LogP contribution >= 0.6 is 11.3 Å². The Balaban J connectivity index is 1.58. The Bertz CT molecular complexity index is 1140. The zero-order valence-corrected chi connectivity index (χ0v) is 17.8. The molecular weight excluding hydrogens is 420 g/mol. The fourth-order valence-electron chi connectivity index (χ4n) is 2.55. The highest BCUT2D eigenvalue weighted by molar-refractivity contribution is 7.21. The van der Waals surface area contributed by atoms with E-state index in [1.807, 2.05) is 36.2 Å².